The van der Waals surface area contributed by atoms with E-state index in [9.17, 15) is 0 Å². The summed E-state index contributed by atoms with van der Waals surface area (Å²) in [6.45, 7) is 15.5. The Kier molecular flexibility index (Phi) is 16.4. The predicted molar refractivity (Wildman–Crippen MR) is 108 cm³/mol. The first-order chi connectivity index (χ1) is 10.8. The van der Waals surface area contributed by atoms with Crippen molar-refractivity contribution in [2.75, 3.05) is 24.7 Å². The molecule has 0 fully saturated rings. The molecule has 0 saturated heterocycles. The minimum absolute atomic E-state index is 1.14. The van der Waals surface area contributed by atoms with E-state index in [1.54, 1.807) is 5.56 Å². The molecular weight excluding hydrogens is 286 g/mol. The van der Waals surface area contributed by atoms with Crippen molar-refractivity contribution in [3.05, 3.63) is 23.3 Å². The maximum atomic E-state index is 2.42. The average molecular weight is 326 g/mol. The minimum atomic E-state index is 1.14. The van der Waals surface area contributed by atoms with Gasteiger partial charge in [0.15, 0.2) is 0 Å². The molecule has 130 valence electrons. The third-order valence-electron chi connectivity index (χ3n) is 3.46. The molecule has 1 aromatic rings. The molecule has 1 aliphatic heterocycles. The molecule has 1 heterocycles. The first-order valence-electron chi connectivity index (χ1n) is 9.17. The Bertz CT molecular complexity index is 374. The summed E-state index contributed by atoms with van der Waals surface area (Å²) in [5, 5.41) is 0. The maximum absolute atomic E-state index is 2.42. The van der Waals surface area contributed by atoms with Crippen LogP contribution in [0.15, 0.2) is 17.0 Å². The summed E-state index contributed by atoms with van der Waals surface area (Å²) in [6.07, 6.45) is 7.22. The van der Waals surface area contributed by atoms with Gasteiger partial charge in [-0.15, -0.1) is 11.8 Å². The van der Waals surface area contributed by atoms with Crippen molar-refractivity contribution in [3.8, 4) is 0 Å². The predicted octanol–water partition coefficient (Wildman–Crippen LogP) is 6.82. The molecule has 1 aromatic carbocycles. The van der Waals surface area contributed by atoms with Crippen LogP contribution in [0.25, 0.3) is 0 Å². The van der Waals surface area contributed by atoms with Crippen LogP contribution in [-0.2, 0) is 12.8 Å². The minimum Gasteiger partial charge on any atom is -0.374 e. The lowest BCUT2D eigenvalue weighted by Crippen LogP contribution is -2.18. The summed E-state index contributed by atoms with van der Waals surface area (Å²) in [7, 11) is 2.22. The Morgan fingerprint density at radius 1 is 1.00 bits per heavy atom. The molecule has 0 atom stereocenters. The molecule has 0 radical (unpaired) electrons. The van der Waals surface area contributed by atoms with E-state index < -0.39 is 0 Å². The first kappa shape index (κ1) is 23.6. The molecule has 1 aliphatic rings. The standard InChI is InChI=1S/C14H21NS.3C2H6/c1-4-11-9-13-12(10-14(11)16-3)7-5-6-8-15(13)2;3*1-2/h9-10H,4-8H2,1-3H3;3*1-2H3. The lowest BCUT2D eigenvalue weighted by atomic mass is 10.0. The van der Waals surface area contributed by atoms with Gasteiger partial charge in [-0.1, -0.05) is 48.5 Å². The Morgan fingerprint density at radius 3 is 2.09 bits per heavy atom. The number of rotatable bonds is 2. The highest BCUT2D eigenvalue weighted by atomic mass is 32.2. The van der Waals surface area contributed by atoms with Gasteiger partial charge in [0.25, 0.3) is 0 Å². The summed E-state index contributed by atoms with van der Waals surface area (Å²) < 4.78 is 0. The molecule has 0 aliphatic carbocycles. The molecule has 2 heteroatoms. The van der Waals surface area contributed by atoms with E-state index in [1.807, 2.05) is 53.3 Å². The zero-order chi connectivity index (χ0) is 17.5. The van der Waals surface area contributed by atoms with Crippen LogP contribution in [0.3, 0.4) is 0 Å². The van der Waals surface area contributed by atoms with Gasteiger partial charge in [-0.2, -0.15) is 0 Å². The van der Waals surface area contributed by atoms with Gasteiger partial charge in [0.05, 0.1) is 0 Å². The summed E-state index contributed by atoms with van der Waals surface area (Å²) in [5.74, 6) is 0. The largest absolute Gasteiger partial charge is 0.374 e. The van der Waals surface area contributed by atoms with E-state index >= 15 is 0 Å². The molecule has 0 amide bonds. The van der Waals surface area contributed by atoms with Crippen LogP contribution in [0.1, 0.15) is 72.4 Å². The molecule has 22 heavy (non-hydrogen) atoms. The highest BCUT2D eigenvalue weighted by Crippen LogP contribution is 2.32. The number of aryl methyl sites for hydroxylation is 2. The van der Waals surface area contributed by atoms with Gasteiger partial charge in [-0.05, 0) is 55.2 Å². The number of hydrogen-bond donors (Lipinski definition) is 0. The number of hydrogen-bond acceptors (Lipinski definition) is 2. The number of anilines is 1. The van der Waals surface area contributed by atoms with Gasteiger partial charge in [0, 0.05) is 24.2 Å². The Labute approximate surface area is 144 Å². The summed E-state index contributed by atoms with van der Waals surface area (Å²) in [6, 6.07) is 4.83. The van der Waals surface area contributed by atoms with Crippen LogP contribution in [0.5, 0.6) is 0 Å². The molecule has 2 rings (SSSR count). The number of nitrogens with zero attached hydrogens (tertiary/aromatic N) is 1. The third-order valence-corrected chi connectivity index (χ3v) is 4.28. The highest BCUT2D eigenvalue weighted by molar-refractivity contribution is 7.98. The van der Waals surface area contributed by atoms with Gasteiger partial charge < -0.3 is 4.90 Å². The van der Waals surface area contributed by atoms with Crippen molar-refractivity contribution < 1.29 is 0 Å². The van der Waals surface area contributed by atoms with Crippen molar-refractivity contribution in [1.29, 1.82) is 0 Å². The lowest BCUT2D eigenvalue weighted by molar-refractivity contribution is 0.749. The molecule has 0 N–H and O–H groups in total. The number of benzene rings is 1. The fourth-order valence-electron chi connectivity index (χ4n) is 2.46. The van der Waals surface area contributed by atoms with E-state index in [1.165, 1.54) is 42.0 Å². The van der Waals surface area contributed by atoms with Crippen LogP contribution in [0.2, 0.25) is 0 Å². The summed E-state index contributed by atoms with van der Waals surface area (Å²) >= 11 is 1.88. The lowest BCUT2D eigenvalue weighted by Gasteiger charge is -2.21. The van der Waals surface area contributed by atoms with Crippen molar-refractivity contribution in [3.63, 3.8) is 0 Å². The Morgan fingerprint density at radius 2 is 1.59 bits per heavy atom. The van der Waals surface area contributed by atoms with Gasteiger partial charge >= 0.3 is 0 Å². The van der Waals surface area contributed by atoms with Gasteiger partial charge in [0.2, 0.25) is 0 Å². The van der Waals surface area contributed by atoms with Crippen molar-refractivity contribution in [2.24, 2.45) is 0 Å². The Hall–Kier alpha value is -0.630. The van der Waals surface area contributed by atoms with Crippen LogP contribution in [0, 0.1) is 0 Å². The molecule has 0 aromatic heterocycles. The SMILES string of the molecule is CC.CC.CC.CCc1cc2c(cc1SC)CCCCN2C. The van der Waals surface area contributed by atoms with Crippen LogP contribution < -0.4 is 4.90 Å². The van der Waals surface area contributed by atoms with E-state index in [-0.39, 0.29) is 0 Å². The normalized spacial score (nSPS) is 12.3. The monoisotopic (exact) mass is 325 g/mol. The highest BCUT2D eigenvalue weighted by Gasteiger charge is 2.14. The third kappa shape index (κ3) is 7.09. The second kappa shape index (κ2) is 15.3. The van der Waals surface area contributed by atoms with Crippen molar-refractivity contribution in [1.82, 2.24) is 0 Å². The maximum Gasteiger partial charge on any atom is 0.0399 e. The quantitative estimate of drug-likeness (QED) is 0.549. The van der Waals surface area contributed by atoms with E-state index in [0.717, 1.165) is 6.42 Å². The van der Waals surface area contributed by atoms with Gasteiger partial charge in [-0.3, -0.25) is 0 Å². The molecular formula is C20H39NS. The van der Waals surface area contributed by atoms with E-state index in [4.69, 9.17) is 0 Å². The topological polar surface area (TPSA) is 3.24 Å². The molecule has 0 saturated carbocycles. The number of thioether (sulfide) groups is 1. The smallest absolute Gasteiger partial charge is 0.0399 e. The second-order valence-electron chi connectivity index (χ2n) is 4.52. The molecule has 0 unspecified atom stereocenters. The Balaban J connectivity index is 0. The van der Waals surface area contributed by atoms with Crippen LogP contribution in [-0.4, -0.2) is 19.8 Å². The van der Waals surface area contributed by atoms with Gasteiger partial charge in [0.1, 0.15) is 0 Å². The molecule has 0 spiro atoms. The zero-order valence-electron chi connectivity index (χ0n) is 16.5. The zero-order valence-corrected chi connectivity index (χ0v) is 17.4. The summed E-state index contributed by atoms with van der Waals surface area (Å²) in [4.78, 5) is 3.89. The first-order valence-corrected chi connectivity index (χ1v) is 10.4. The molecule has 1 nitrogen and oxygen atoms in total. The fourth-order valence-corrected chi connectivity index (χ4v) is 3.19. The number of fused-ring (bicyclic) bond motifs is 1. The van der Waals surface area contributed by atoms with E-state index in [2.05, 4.69) is 37.3 Å². The van der Waals surface area contributed by atoms with Crippen LogP contribution >= 0.6 is 11.8 Å². The van der Waals surface area contributed by atoms with Crippen molar-refractivity contribution in [2.45, 2.75) is 79.0 Å². The fraction of sp³-hybridized carbons (Fsp3) is 0.700. The second-order valence-corrected chi connectivity index (χ2v) is 5.37. The average Bonchev–Trinajstić information content (AvgIpc) is 2.80. The summed E-state index contributed by atoms with van der Waals surface area (Å²) in [5.41, 5.74) is 4.51. The van der Waals surface area contributed by atoms with Gasteiger partial charge in [-0.25, -0.2) is 0 Å². The van der Waals surface area contributed by atoms with E-state index in [0.29, 0.717) is 0 Å². The van der Waals surface area contributed by atoms with Crippen LogP contribution in [0.4, 0.5) is 5.69 Å². The molecule has 0 bridgehead atoms. The van der Waals surface area contributed by atoms with Crippen molar-refractivity contribution >= 4 is 17.4 Å².